The van der Waals surface area contributed by atoms with Gasteiger partial charge in [0, 0.05) is 17.8 Å². The molecule has 5 nitrogen and oxygen atoms in total. The van der Waals surface area contributed by atoms with Gasteiger partial charge in [0.15, 0.2) is 5.65 Å². The molecule has 2 aromatic heterocycles. The summed E-state index contributed by atoms with van der Waals surface area (Å²) >= 11 is 0. The predicted molar refractivity (Wildman–Crippen MR) is 82.0 cm³/mol. The Hall–Kier alpha value is -2.19. The lowest BCUT2D eigenvalue weighted by Crippen LogP contribution is -2.21. The van der Waals surface area contributed by atoms with Crippen LogP contribution in [0.3, 0.4) is 0 Å². The highest BCUT2D eigenvalue weighted by Crippen LogP contribution is 2.30. The van der Waals surface area contributed by atoms with E-state index < -0.39 is 0 Å². The van der Waals surface area contributed by atoms with E-state index in [9.17, 15) is 5.26 Å². The third-order valence-electron chi connectivity index (χ3n) is 3.99. The highest BCUT2D eigenvalue weighted by Gasteiger charge is 2.21. The number of hydrogen-bond donors (Lipinski definition) is 1. The van der Waals surface area contributed by atoms with Crippen molar-refractivity contribution in [1.29, 1.82) is 5.26 Å². The minimum absolute atomic E-state index is 0.363. The van der Waals surface area contributed by atoms with Gasteiger partial charge >= 0.3 is 0 Å². The predicted octanol–water partition coefficient (Wildman–Crippen LogP) is 2.41. The highest BCUT2D eigenvalue weighted by atomic mass is 15.3. The first kappa shape index (κ1) is 13.8. The molecule has 0 aliphatic carbocycles. The third kappa shape index (κ3) is 2.22. The van der Waals surface area contributed by atoms with E-state index in [-0.39, 0.29) is 0 Å². The lowest BCUT2D eigenvalue weighted by molar-refractivity contribution is 0.729. The van der Waals surface area contributed by atoms with Crippen LogP contribution in [0.2, 0.25) is 0 Å². The molecule has 0 saturated heterocycles. The third-order valence-corrected chi connectivity index (χ3v) is 3.99. The van der Waals surface area contributed by atoms with Crippen molar-refractivity contribution in [3.63, 3.8) is 0 Å². The molecule has 0 bridgehead atoms. The maximum absolute atomic E-state index is 9.23. The topological polar surface area (TPSA) is 66.0 Å². The molecule has 21 heavy (non-hydrogen) atoms. The summed E-state index contributed by atoms with van der Waals surface area (Å²) in [5, 5.41) is 16.9. The molecular weight excluding hydrogens is 262 g/mol. The zero-order valence-corrected chi connectivity index (χ0v) is 12.6. The molecule has 0 fully saturated rings. The van der Waals surface area contributed by atoms with Gasteiger partial charge < -0.3 is 5.32 Å². The van der Waals surface area contributed by atoms with Gasteiger partial charge in [0.05, 0.1) is 11.9 Å². The van der Waals surface area contributed by atoms with Gasteiger partial charge in [0.25, 0.3) is 0 Å². The first-order valence-electron chi connectivity index (χ1n) is 7.32. The molecule has 108 valence electrons. The summed E-state index contributed by atoms with van der Waals surface area (Å²) in [7, 11) is 0. The number of nitrogens with one attached hydrogen (secondary N) is 1. The SMILES string of the molecule is Cc1c(C(C)C)c(C2=CCNCC2)nc2c(C#N)cnn12. The van der Waals surface area contributed by atoms with Crippen LogP contribution in [0, 0.1) is 18.3 Å². The molecule has 0 amide bonds. The normalized spacial score (nSPS) is 15.3. The number of fused-ring (bicyclic) bond motifs is 1. The van der Waals surface area contributed by atoms with Gasteiger partial charge in [-0.05, 0) is 31.4 Å². The Morgan fingerprint density at radius 2 is 2.24 bits per heavy atom. The molecular formula is C16H19N5. The van der Waals surface area contributed by atoms with Crippen LogP contribution in [-0.2, 0) is 0 Å². The summed E-state index contributed by atoms with van der Waals surface area (Å²) in [4.78, 5) is 4.79. The first-order chi connectivity index (χ1) is 10.1. The maximum Gasteiger partial charge on any atom is 0.173 e. The molecule has 0 saturated carbocycles. The summed E-state index contributed by atoms with van der Waals surface area (Å²) in [5.41, 5.74) is 5.80. The molecule has 0 unspecified atom stereocenters. The average molecular weight is 281 g/mol. The van der Waals surface area contributed by atoms with Gasteiger partial charge in [-0.15, -0.1) is 0 Å². The lowest BCUT2D eigenvalue weighted by atomic mass is 9.93. The zero-order valence-electron chi connectivity index (χ0n) is 12.6. The summed E-state index contributed by atoms with van der Waals surface area (Å²) in [5.74, 6) is 0.363. The Balaban J connectivity index is 2.32. The number of hydrogen-bond acceptors (Lipinski definition) is 4. The molecule has 5 heteroatoms. The lowest BCUT2D eigenvalue weighted by Gasteiger charge is -2.20. The second-order valence-electron chi connectivity index (χ2n) is 5.70. The van der Waals surface area contributed by atoms with Crippen molar-refractivity contribution in [1.82, 2.24) is 19.9 Å². The fourth-order valence-corrected chi connectivity index (χ4v) is 3.00. The summed E-state index contributed by atoms with van der Waals surface area (Å²) < 4.78 is 1.79. The monoisotopic (exact) mass is 281 g/mol. The van der Waals surface area contributed by atoms with E-state index in [1.807, 2.05) is 0 Å². The minimum atomic E-state index is 0.363. The molecule has 0 aromatic carbocycles. The van der Waals surface area contributed by atoms with Crippen LogP contribution in [0.15, 0.2) is 12.3 Å². The van der Waals surface area contributed by atoms with E-state index in [1.54, 1.807) is 10.7 Å². The van der Waals surface area contributed by atoms with Crippen molar-refractivity contribution in [2.45, 2.75) is 33.1 Å². The van der Waals surface area contributed by atoms with E-state index in [0.717, 1.165) is 30.9 Å². The smallest absolute Gasteiger partial charge is 0.173 e. The van der Waals surface area contributed by atoms with Crippen molar-refractivity contribution in [2.24, 2.45) is 0 Å². The number of nitrogens with zero attached hydrogens (tertiary/aromatic N) is 4. The number of aromatic nitrogens is 3. The Morgan fingerprint density at radius 3 is 2.86 bits per heavy atom. The quantitative estimate of drug-likeness (QED) is 0.918. The Kier molecular flexibility index (Phi) is 3.48. The zero-order chi connectivity index (χ0) is 15.0. The fourth-order valence-electron chi connectivity index (χ4n) is 3.00. The number of rotatable bonds is 2. The standard InChI is InChI=1S/C16H19N5/c1-10(2)14-11(3)21-16(13(8-17)9-19-21)20-15(14)12-4-6-18-7-5-12/h4,9-10,18H,5-7H2,1-3H3. The van der Waals surface area contributed by atoms with Crippen molar-refractivity contribution in [3.05, 3.63) is 34.8 Å². The molecule has 2 aromatic rings. The van der Waals surface area contributed by atoms with Crippen LogP contribution >= 0.6 is 0 Å². The van der Waals surface area contributed by atoms with Crippen LogP contribution in [0.1, 0.15) is 48.7 Å². The van der Waals surface area contributed by atoms with Crippen molar-refractivity contribution in [3.8, 4) is 6.07 Å². The summed E-state index contributed by atoms with van der Waals surface area (Å²) in [6.07, 6.45) is 4.77. The van der Waals surface area contributed by atoms with Gasteiger partial charge in [-0.25, -0.2) is 9.50 Å². The molecule has 0 atom stereocenters. The second-order valence-corrected chi connectivity index (χ2v) is 5.70. The van der Waals surface area contributed by atoms with E-state index in [4.69, 9.17) is 4.98 Å². The molecule has 1 N–H and O–H groups in total. The Bertz CT molecular complexity index is 761. The van der Waals surface area contributed by atoms with Gasteiger partial charge in [-0.2, -0.15) is 10.4 Å². The van der Waals surface area contributed by atoms with E-state index in [2.05, 4.69) is 43.3 Å². The van der Waals surface area contributed by atoms with E-state index in [1.165, 1.54) is 11.1 Å². The number of aryl methyl sites for hydroxylation is 1. The number of nitriles is 1. The van der Waals surface area contributed by atoms with Crippen LogP contribution < -0.4 is 5.32 Å². The van der Waals surface area contributed by atoms with Crippen LogP contribution in [0.5, 0.6) is 0 Å². The summed E-state index contributed by atoms with van der Waals surface area (Å²) in [6.45, 7) is 8.26. The Morgan fingerprint density at radius 1 is 1.43 bits per heavy atom. The van der Waals surface area contributed by atoms with Crippen molar-refractivity contribution >= 4 is 11.2 Å². The van der Waals surface area contributed by atoms with Crippen molar-refractivity contribution in [2.75, 3.05) is 13.1 Å². The highest BCUT2D eigenvalue weighted by molar-refractivity contribution is 5.70. The van der Waals surface area contributed by atoms with Gasteiger partial charge in [0.1, 0.15) is 11.6 Å². The van der Waals surface area contributed by atoms with Gasteiger partial charge in [0.2, 0.25) is 0 Å². The van der Waals surface area contributed by atoms with Crippen molar-refractivity contribution < 1.29 is 0 Å². The van der Waals surface area contributed by atoms with Gasteiger partial charge in [-0.3, -0.25) is 0 Å². The largest absolute Gasteiger partial charge is 0.313 e. The minimum Gasteiger partial charge on any atom is -0.313 e. The first-order valence-corrected chi connectivity index (χ1v) is 7.32. The molecule has 0 spiro atoms. The van der Waals surface area contributed by atoms with Crippen LogP contribution in [0.4, 0.5) is 0 Å². The fraction of sp³-hybridized carbons (Fsp3) is 0.438. The maximum atomic E-state index is 9.23. The molecule has 3 heterocycles. The molecule has 0 radical (unpaired) electrons. The molecule has 1 aliphatic rings. The second kappa shape index (κ2) is 5.30. The van der Waals surface area contributed by atoms with Crippen LogP contribution in [0.25, 0.3) is 11.2 Å². The van der Waals surface area contributed by atoms with E-state index >= 15 is 0 Å². The Labute approximate surface area is 124 Å². The van der Waals surface area contributed by atoms with E-state index in [0.29, 0.717) is 17.1 Å². The van der Waals surface area contributed by atoms with Crippen LogP contribution in [-0.4, -0.2) is 27.7 Å². The average Bonchev–Trinajstić information content (AvgIpc) is 2.91. The molecule has 1 aliphatic heterocycles. The van der Waals surface area contributed by atoms with Gasteiger partial charge in [-0.1, -0.05) is 19.9 Å². The molecule has 3 rings (SSSR count). The summed E-state index contributed by atoms with van der Waals surface area (Å²) in [6, 6.07) is 2.18.